The zero-order valence-electron chi connectivity index (χ0n) is 10.2. The van der Waals surface area contributed by atoms with Crippen molar-refractivity contribution in [2.75, 3.05) is 0 Å². The maximum absolute atomic E-state index is 13.2. The molecule has 0 amide bonds. The number of nitrogens with two attached hydrogens (primary N) is 1. The van der Waals surface area contributed by atoms with Gasteiger partial charge < -0.3 is 10.5 Å². The first-order valence-electron chi connectivity index (χ1n) is 5.63. The van der Waals surface area contributed by atoms with E-state index in [1.165, 1.54) is 36.4 Å². The zero-order valence-corrected chi connectivity index (χ0v) is 11.8. The van der Waals surface area contributed by atoms with Gasteiger partial charge in [0.2, 0.25) is 0 Å². The lowest BCUT2D eigenvalue weighted by Gasteiger charge is -2.11. The van der Waals surface area contributed by atoms with E-state index in [2.05, 4.69) is 0 Å². The predicted molar refractivity (Wildman–Crippen MR) is 78.0 cm³/mol. The molecule has 0 unspecified atom stereocenters. The van der Waals surface area contributed by atoms with Crippen LogP contribution in [0, 0.1) is 11.6 Å². The van der Waals surface area contributed by atoms with Crippen molar-refractivity contribution in [2.24, 2.45) is 5.73 Å². The fourth-order valence-corrected chi connectivity index (χ4v) is 2.02. The van der Waals surface area contributed by atoms with Crippen LogP contribution in [0.2, 0.25) is 5.02 Å². The van der Waals surface area contributed by atoms with Gasteiger partial charge in [0.15, 0.2) is 0 Å². The Balaban J connectivity index is 2.20. The number of hydrogen-bond donors (Lipinski definition) is 1. The molecule has 2 N–H and O–H groups in total. The molecule has 2 nitrogen and oxygen atoms in total. The average Bonchev–Trinajstić information content (AvgIpc) is 2.40. The van der Waals surface area contributed by atoms with Crippen molar-refractivity contribution in [3.8, 4) is 5.75 Å². The SMILES string of the molecule is NC(=S)c1ccc(F)cc1COc1ccc(F)c(Cl)c1. The molecule has 0 radical (unpaired) electrons. The van der Waals surface area contributed by atoms with Gasteiger partial charge in [-0.25, -0.2) is 8.78 Å². The van der Waals surface area contributed by atoms with Gasteiger partial charge in [-0.2, -0.15) is 0 Å². The third-order valence-electron chi connectivity index (χ3n) is 2.62. The maximum atomic E-state index is 13.2. The molecular weight excluding hydrogens is 304 g/mol. The maximum Gasteiger partial charge on any atom is 0.142 e. The third kappa shape index (κ3) is 3.43. The van der Waals surface area contributed by atoms with E-state index in [1.54, 1.807) is 0 Å². The predicted octanol–water partition coefficient (Wildman–Crippen LogP) is 3.83. The van der Waals surface area contributed by atoms with E-state index < -0.39 is 11.6 Å². The molecule has 2 aromatic rings. The van der Waals surface area contributed by atoms with Crippen LogP contribution in [-0.4, -0.2) is 4.99 Å². The third-order valence-corrected chi connectivity index (χ3v) is 3.13. The highest BCUT2D eigenvalue weighted by atomic mass is 35.5. The Bertz CT molecular complexity index is 664. The lowest BCUT2D eigenvalue weighted by Crippen LogP contribution is -2.13. The molecule has 0 heterocycles. The summed E-state index contributed by atoms with van der Waals surface area (Å²) >= 11 is 10.5. The molecule has 0 aliphatic heterocycles. The van der Waals surface area contributed by atoms with Crippen molar-refractivity contribution < 1.29 is 13.5 Å². The molecule has 0 bridgehead atoms. The number of benzene rings is 2. The van der Waals surface area contributed by atoms with Gasteiger partial charge in [-0.1, -0.05) is 23.8 Å². The summed E-state index contributed by atoms with van der Waals surface area (Å²) in [5.74, 6) is -0.580. The van der Waals surface area contributed by atoms with Gasteiger partial charge in [-0.05, 0) is 30.3 Å². The Kier molecular flexibility index (Phi) is 4.52. The van der Waals surface area contributed by atoms with Crippen LogP contribution in [0.1, 0.15) is 11.1 Å². The number of thiocarbonyl (C=S) groups is 1. The zero-order chi connectivity index (χ0) is 14.7. The van der Waals surface area contributed by atoms with E-state index in [0.29, 0.717) is 16.9 Å². The topological polar surface area (TPSA) is 35.2 Å². The van der Waals surface area contributed by atoms with Gasteiger partial charge >= 0.3 is 0 Å². The van der Waals surface area contributed by atoms with Crippen molar-refractivity contribution in [3.63, 3.8) is 0 Å². The Morgan fingerprint density at radius 3 is 2.60 bits per heavy atom. The van der Waals surface area contributed by atoms with E-state index in [1.807, 2.05) is 0 Å². The largest absolute Gasteiger partial charge is 0.489 e. The minimum atomic E-state index is -0.534. The number of rotatable bonds is 4. The summed E-state index contributed by atoms with van der Waals surface area (Å²) in [5.41, 5.74) is 6.61. The first-order valence-corrected chi connectivity index (χ1v) is 6.42. The van der Waals surface area contributed by atoms with Crippen LogP contribution in [0.4, 0.5) is 8.78 Å². The number of ether oxygens (including phenoxy) is 1. The van der Waals surface area contributed by atoms with E-state index in [9.17, 15) is 8.78 Å². The van der Waals surface area contributed by atoms with Gasteiger partial charge in [0.05, 0.1) is 5.02 Å². The highest BCUT2D eigenvalue weighted by molar-refractivity contribution is 7.80. The van der Waals surface area contributed by atoms with Crippen LogP contribution in [0.5, 0.6) is 5.75 Å². The van der Waals surface area contributed by atoms with E-state index >= 15 is 0 Å². The first kappa shape index (κ1) is 14.7. The molecule has 0 spiro atoms. The highest BCUT2D eigenvalue weighted by Gasteiger charge is 2.08. The van der Waals surface area contributed by atoms with Crippen molar-refractivity contribution in [3.05, 3.63) is 64.2 Å². The first-order chi connectivity index (χ1) is 9.47. The van der Waals surface area contributed by atoms with E-state index in [-0.39, 0.29) is 16.6 Å². The standard InChI is InChI=1S/C14H10ClF2NOS/c15-12-6-10(2-4-13(12)17)19-7-8-5-9(16)1-3-11(8)14(18)20/h1-6H,7H2,(H2,18,20). The highest BCUT2D eigenvalue weighted by Crippen LogP contribution is 2.22. The second-order valence-electron chi connectivity index (χ2n) is 4.03. The van der Waals surface area contributed by atoms with E-state index in [0.717, 1.165) is 0 Å². The normalized spacial score (nSPS) is 10.3. The van der Waals surface area contributed by atoms with Crippen LogP contribution in [0.3, 0.4) is 0 Å². The quantitative estimate of drug-likeness (QED) is 0.871. The lowest BCUT2D eigenvalue weighted by atomic mass is 10.1. The molecule has 0 atom stereocenters. The Morgan fingerprint density at radius 1 is 1.20 bits per heavy atom. The fourth-order valence-electron chi connectivity index (χ4n) is 1.65. The number of hydrogen-bond acceptors (Lipinski definition) is 2. The van der Waals surface area contributed by atoms with Crippen molar-refractivity contribution in [1.82, 2.24) is 0 Å². The molecule has 0 saturated carbocycles. The van der Waals surface area contributed by atoms with Crippen molar-refractivity contribution in [1.29, 1.82) is 0 Å². The molecular formula is C14H10ClF2NOS. The summed E-state index contributed by atoms with van der Waals surface area (Å²) in [5, 5.41) is -0.0451. The van der Waals surface area contributed by atoms with Crippen LogP contribution in [0.15, 0.2) is 36.4 Å². The van der Waals surface area contributed by atoms with Crippen LogP contribution >= 0.6 is 23.8 Å². The molecule has 20 heavy (non-hydrogen) atoms. The Hall–Kier alpha value is -1.72. The average molecular weight is 314 g/mol. The molecule has 2 rings (SSSR count). The summed E-state index contributed by atoms with van der Waals surface area (Å²) in [6.45, 7) is 0.0480. The molecule has 6 heteroatoms. The number of halogens is 3. The molecule has 0 fully saturated rings. The second kappa shape index (κ2) is 6.15. The monoisotopic (exact) mass is 313 g/mol. The van der Waals surface area contributed by atoms with Gasteiger partial charge in [-0.15, -0.1) is 0 Å². The van der Waals surface area contributed by atoms with Crippen molar-refractivity contribution in [2.45, 2.75) is 6.61 Å². The molecule has 2 aromatic carbocycles. The lowest BCUT2D eigenvalue weighted by molar-refractivity contribution is 0.305. The summed E-state index contributed by atoms with van der Waals surface area (Å²) in [7, 11) is 0. The minimum Gasteiger partial charge on any atom is -0.489 e. The second-order valence-corrected chi connectivity index (χ2v) is 4.88. The smallest absolute Gasteiger partial charge is 0.142 e. The summed E-state index contributed by atoms with van der Waals surface area (Å²) in [6, 6.07) is 8.02. The molecule has 0 aliphatic rings. The molecule has 0 saturated heterocycles. The van der Waals surface area contributed by atoms with Gasteiger partial charge in [0.25, 0.3) is 0 Å². The Morgan fingerprint density at radius 2 is 1.95 bits per heavy atom. The molecule has 104 valence electrons. The van der Waals surface area contributed by atoms with Gasteiger partial charge in [-0.3, -0.25) is 0 Å². The Labute approximate surface area is 125 Å². The van der Waals surface area contributed by atoms with Crippen molar-refractivity contribution >= 4 is 28.8 Å². The molecule has 0 aromatic heterocycles. The van der Waals surface area contributed by atoms with Gasteiger partial charge in [0.1, 0.15) is 29.0 Å². The summed E-state index contributed by atoms with van der Waals surface area (Å²) < 4.78 is 31.7. The molecule has 0 aliphatic carbocycles. The fraction of sp³-hybridized carbons (Fsp3) is 0.0714. The van der Waals surface area contributed by atoms with Gasteiger partial charge in [0, 0.05) is 17.2 Å². The summed E-state index contributed by atoms with van der Waals surface area (Å²) in [6.07, 6.45) is 0. The van der Waals surface area contributed by atoms with Crippen LogP contribution in [-0.2, 0) is 6.61 Å². The van der Waals surface area contributed by atoms with E-state index in [4.69, 9.17) is 34.3 Å². The summed E-state index contributed by atoms with van der Waals surface area (Å²) in [4.78, 5) is 0.153. The minimum absolute atomic E-state index is 0.0451. The van der Waals surface area contributed by atoms with Crippen LogP contribution < -0.4 is 10.5 Å². The van der Waals surface area contributed by atoms with Crippen LogP contribution in [0.25, 0.3) is 0 Å².